The van der Waals surface area contributed by atoms with Crippen LogP contribution in [0.5, 0.6) is 5.75 Å². The van der Waals surface area contributed by atoms with E-state index in [-0.39, 0.29) is 39.0 Å². The number of rotatable bonds is 16. The molecule has 4 aromatic rings. The predicted octanol–water partition coefficient (Wildman–Crippen LogP) is 9.35. The summed E-state index contributed by atoms with van der Waals surface area (Å²) in [4.78, 5) is 24.8. The summed E-state index contributed by atoms with van der Waals surface area (Å²) in [5.74, 6) is -3.53. The van der Waals surface area contributed by atoms with Gasteiger partial charge in [0.1, 0.15) is 36.9 Å². The maximum atomic E-state index is 14.6. The fourth-order valence-corrected chi connectivity index (χ4v) is 5.43. The van der Waals surface area contributed by atoms with E-state index in [0.29, 0.717) is 18.4 Å². The number of hydrogen-bond acceptors (Lipinski definition) is 3. The number of ether oxygens (including phenoxy) is 1. The fourth-order valence-electron chi connectivity index (χ4n) is 5.18. The highest BCUT2D eigenvalue weighted by molar-refractivity contribution is 9.10. The molecular formula is C37H34BBrF4O3. The molecule has 0 aromatic heterocycles. The quantitative estimate of drug-likeness (QED) is 0.0294. The average Bonchev–Trinajstić information content (AvgIpc) is 3.02. The Hall–Kier alpha value is -3.72. The Bertz CT molecular complexity index is 1680. The summed E-state index contributed by atoms with van der Waals surface area (Å²) in [5.41, 5.74) is 2.17. The van der Waals surface area contributed by atoms with Crippen LogP contribution in [0.25, 0.3) is 0 Å². The molecule has 0 fully saturated rings. The molecule has 0 N–H and O–H groups in total. The molecule has 0 amide bonds. The van der Waals surface area contributed by atoms with Crippen LogP contribution < -0.4 is 10.2 Å². The van der Waals surface area contributed by atoms with Gasteiger partial charge in [0.15, 0.2) is 5.78 Å². The maximum Gasteiger partial charge on any atom is 0.346 e. The van der Waals surface area contributed by atoms with Crippen molar-refractivity contribution in [2.45, 2.75) is 70.6 Å². The molecule has 0 aliphatic heterocycles. The Morgan fingerprint density at radius 3 is 1.67 bits per heavy atom. The van der Waals surface area contributed by atoms with Crippen molar-refractivity contribution in [2.24, 2.45) is 0 Å². The third-order valence-corrected chi connectivity index (χ3v) is 8.47. The van der Waals surface area contributed by atoms with Crippen molar-refractivity contribution in [2.75, 3.05) is 0 Å². The van der Waals surface area contributed by atoms with Crippen LogP contribution in [0.15, 0.2) is 77.3 Å². The van der Waals surface area contributed by atoms with Gasteiger partial charge in [0.05, 0.1) is 15.6 Å². The van der Waals surface area contributed by atoms with E-state index in [4.69, 9.17) is 12.6 Å². The first kappa shape index (κ1) is 35.1. The number of halogens is 5. The summed E-state index contributed by atoms with van der Waals surface area (Å²) in [6, 6.07) is 17.5. The summed E-state index contributed by atoms with van der Waals surface area (Å²) in [5, 5.41) is 0. The molecule has 0 aliphatic rings. The number of esters is 1. The standard InChI is InChI=1S/C37H34BBrF4O3/c38-30-17-12-26(22-34(30)42)13-19-36(44)28-15-10-24(20-32(28)40)8-6-4-2-1-3-5-7-9-25-11-16-29(33(41)21-25)37(45)46-27-14-18-31(39)35(43)23-27/h10-12,14-18,20-23H,1-9,13,19H2. The molecular weight excluding hydrogens is 659 g/mol. The smallest absolute Gasteiger partial charge is 0.346 e. The lowest BCUT2D eigenvalue weighted by atomic mass is 9.93. The summed E-state index contributed by atoms with van der Waals surface area (Å²) in [7, 11) is 5.48. The molecule has 0 bridgehead atoms. The number of hydrogen-bond donors (Lipinski definition) is 0. The van der Waals surface area contributed by atoms with Gasteiger partial charge < -0.3 is 4.74 Å². The maximum absolute atomic E-state index is 14.6. The van der Waals surface area contributed by atoms with Crippen molar-refractivity contribution in [3.63, 3.8) is 0 Å². The van der Waals surface area contributed by atoms with Gasteiger partial charge in [-0.15, -0.1) is 0 Å². The van der Waals surface area contributed by atoms with Crippen LogP contribution in [0.4, 0.5) is 17.6 Å². The monoisotopic (exact) mass is 692 g/mol. The summed E-state index contributed by atoms with van der Waals surface area (Å²) < 4.78 is 61.8. The zero-order chi connectivity index (χ0) is 33.1. The van der Waals surface area contributed by atoms with Gasteiger partial charge in [0.25, 0.3) is 0 Å². The highest BCUT2D eigenvalue weighted by Gasteiger charge is 2.16. The van der Waals surface area contributed by atoms with E-state index in [2.05, 4.69) is 15.9 Å². The van der Waals surface area contributed by atoms with Crippen LogP contribution >= 0.6 is 15.9 Å². The minimum Gasteiger partial charge on any atom is -0.423 e. The Morgan fingerprint density at radius 2 is 1.11 bits per heavy atom. The van der Waals surface area contributed by atoms with Crippen molar-refractivity contribution in [1.82, 2.24) is 0 Å². The second-order valence-electron chi connectivity index (χ2n) is 11.3. The molecule has 46 heavy (non-hydrogen) atoms. The third kappa shape index (κ3) is 10.4. The van der Waals surface area contributed by atoms with Crippen molar-refractivity contribution in [1.29, 1.82) is 0 Å². The van der Waals surface area contributed by atoms with Crippen LogP contribution in [0.2, 0.25) is 0 Å². The largest absolute Gasteiger partial charge is 0.423 e. The van der Waals surface area contributed by atoms with Crippen LogP contribution in [0.1, 0.15) is 88.8 Å². The van der Waals surface area contributed by atoms with Crippen molar-refractivity contribution < 1.29 is 31.9 Å². The van der Waals surface area contributed by atoms with E-state index < -0.39 is 29.2 Å². The first-order chi connectivity index (χ1) is 22.1. The molecule has 0 saturated heterocycles. The molecule has 4 aromatic carbocycles. The molecule has 4 rings (SSSR count). The van der Waals surface area contributed by atoms with Crippen LogP contribution in [0.3, 0.4) is 0 Å². The van der Waals surface area contributed by atoms with E-state index >= 15 is 0 Å². The number of aryl methyl sites for hydroxylation is 3. The number of unbranched alkanes of at least 4 members (excludes halogenated alkanes) is 6. The van der Waals surface area contributed by atoms with Gasteiger partial charge >= 0.3 is 5.97 Å². The van der Waals surface area contributed by atoms with Crippen LogP contribution in [-0.4, -0.2) is 19.6 Å². The van der Waals surface area contributed by atoms with Gasteiger partial charge in [0.2, 0.25) is 0 Å². The van der Waals surface area contributed by atoms with Gasteiger partial charge in [-0.1, -0.05) is 61.8 Å². The second-order valence-corrected chi connectivity index (χ2v) is 12.2. The average molecular weight is 693 g/mol. The van der Waals surface area contributed by atoms with Crippen molar-refractivity contribution in [3.05, 3.63) is 128 Å². The molecule has 0 heterocycles. The molecule has 0 saturated carbocycles. The third-order valence-electron chi connectivity index (χ3n) is 7.83. The molecule has 238 valence electrons. The van der Waals surface area contributed by atoms with E-state index in [9.17, 15) is 27.2 Å². The van der Waals surface area contributed by atoms with E-state index in [1.807, 2.05) is 0 Å². The number of Topliss-reactive ketones (excluding diaryl/α,β-unsaturated/α-hetero) is 1. The molecule has 0 unspecified atom stereocenters. The van der Waals surface area contributed by atoms with E-state index in [0.717, 1.165) is 68.6 Å². The zero-order valence-corrected chi connectivity index (χ0v) is 27.0. The molecule has 2 radical (unpaired) electrons. The molecule has 0 spiro atoms. The SMILES string of the molecule is [B]c1ccc(CCC(=O)c2ccc(CCCCCCCCCc3ccc(C(=O)Oc4ccc(Br)c(F)c4)c(F)c3)cc2F)cc1F. The van der Waals surface area contributed by atoms with E-state index in [1.54, 1.807) is 18.2 Å². The Kier molecular flexibility index (Phi) is 13.2. The number of carbonyl (C=O) groups excluding carboxylic acids is 2. The van der Waals surface area contributed by atoms with Crippen LogP contribution in [0, 0.1) is 23.3 Å². The van der Waals surface area contributed by atoms with Crippen LogP contribution in [-0.2, 0) is 19.3 Å². The second kappa shape index (κ2) is 17.3. The lowest BCUT2D eigenvalue weighted by Crippen LogP contribution is -2.11. The Morgan fingerprint density at radius 1 is 0.587 bits per heavy atom. The van der Waals surface area contributed by atoms with Crippen molar-refractivity contribution >= 4 is 41.0 Å². The summed E-state index contributed by atoms with van der Waals surface area (Å²) in [6.07, 6.45) is 8.78. The minimum atomic E-state index is -0.885. The fraction of sp³-hybridized carbons (Fsp3) is 0.297. The summed E-state index contributed by atoms with van der Waals surface area (Å²) >= 11 is 3.03. The number of ketones is 1. The van der Waals surface area contributed by atoms with E-state index in [1.165, 1.54) is 48.5 Å². The summed E-state index contributed by atoms with van der Waals surface area (Å²) in [6.45, 7) is 0. The first-order valence-electron chi connectivity index (χ1n) is 15.4. The topological polar surface area (TPSA) is 43.4 Å². The highest BCUT2D eigenvalue weighted by Crippen LogP contribution is 2.23. The molecule has 0 aliphatic carbocycles. The van der Waals surface area contributed by atoms with Gasteiger partial charge in [-0.25, -0.2) is 22.4 Å². The zero-order valence-electron chi connectivity index (χ0n) is 25.4. The minimum absolute atomic E-state index is 0.00595. The van der Waals surface area contributed by atoms with Crippen molar-refractivity contribution in [3.8, 4) is 5.75 Å². The Labute approximate surface area is 276 Å². The van der Waals surface area contributed by atoms with Gasteiger partial charge in [-0.2, -0.15) is 0 Å². The van der Waals surface area contributed by atoms with Gasteiger partial charge in [0, 0.05) is 12.5 Å². The van der Waals surface area contributed by atoms with Gasteiger partial charge in [-0.3, -0.25) is 4.79 Å². The highest BCUT2D eigenvalue weighted by atomic mass is 79.9. The lowest BCUT2D eigenvalue weighted by molar-refractivity contribution is 0.0729. The molecule has 3 nitrogen and oxygen atoms in total. The lowest BCUT2D eigenvalue weighted by Gasteiger charge is -2.08. The number of benzene rings is 4. The normalized spacial score (nSPS) is 11.1. The molecule has 0 atom stereocenters. The first-order valence-corrected chi connectivity index (χ1v) is 16.2. The number of carbonyl (C=O) groups is 2. The van der Waals surface area contributed by atoms with Gasteiger partial charge in [-0.05, 0) is 107 Å². The Balaban J connectivity index is 1.08. The predicted molar refractivity (Wildman–Crippen MR) is 176 cm³/mol. The molecule has 9 heteroatoms.